The second-order valence-corrected chi connectivity index (χ2v) is 6.55. The molecule has 3 N–H and O–H groups in total. The van der Waals surface area contributed by atoms with E-state index in [1.165, 1.54) is 32.1 Å². The van der Waals surface area contributed by atoms with Crippen LogP contribution in [0.4, 0.5) is 5.69 Å². The molecule has 3 rings (SSSR count). The number of aryl methyl sites for hydroxylation is 1. The van der Waals surface area contributed by atoms with E-state index in [0.717, 1.165) is 41.7 Å². The van der Waals surface area contributed by atoms with E-state index in [0.29, 0.717) is 0 Å². The van der Waals surface area contributed by atoms with E-state index in [1.807, 2.05) is 13.0 Å². The molecule has 0 spiro atoms. The van der Waals surface area contributed by atoms with Gasteiger partial charge in [-0.3, -0.25) is 0 Å². The summed E-state index contributed by atoms with van der Waals surface area (Å²) in [7, 11) is 0. The fraction of sp³-hybridized carbons (Fsp3) is 0.588. The van der Waals surface area contributed by atoms with Crippen molar-refractivity contribution in [3.05, 3.63) is 29.3 Å². The summed E-state index contributed by atoms with van der Waals surface area (Å²) in [5, 5.41) is 12.2. The molecule has 0 radical (unpaired) electrons. The molecule has 2 atom stereocenters. The van der Waals surface area contributed by atoms with E-state index in [4.69, 9.17) is 10.9 Å². The second kappa shape index (κ2) is 5.96. The van der Waals surface area contributed by atoms with Crippen LogP contribution in [0.1, 0.15) is 43.2 Å². The van der Waals surface area contributed by atoms with Gasteiger partial charge in [-0.2, -0.15) is 0 Å². The third-order valence-electron chi connectivity index (χ3n) is 5.17. The van der Waals surface area contributed by atoms with Crippen LogP contribution in [0, 0.1) is 18.8 Å². The molecule has 4 nitrogen and oxygen atoms in total. The summed E-state index contributed by atoms with van der Waals surface area (Å²) in [6.07, 6.45) is 6.80. The zero-order chi connectivity index (χ0) is 14.8. The molecule has 4 heteroatoms. The first-order valence-electron chi connectivity index (χ1n) is 8.02. The highest BCUT2D eigenvalue weighted by Crippen LogP contribution is 2.38. The lowest BCUT2D eigenvalue weighted by Gasteiger charge is -2.42. The Balaban J connectivity index is 1.86. The van der Waals surface area contributed by atoms with Crippen LogP contribution in [0.2, 0.25) is 0 Å². The maximum absolute atomic E-state index is 9.03. The monoisotopic (exact) mass is 287 g/mol. The van der Waals surface area contributed by atoms with Crippen LogP contribution >= 0.6 is 0 Å². The Morgan fingerprint density at radius 3 is 2.76 bits per heavy atom. The SMILES string of the molecule is Cc1ccc(N2CCC3CCCCC3C2)c(/C(N)=N/O)c1. The number of benzene rings is 1. The van der Waals surface area contributed by atoms with Gasteiger partial charge >= 0.3 is 0 Å². The fourth-order valence-electron chi connectivity index (χ4n) is 4.00. The minimum Gasteiger partial charge on any atom is -0.409 e. The lowest BCUT2D eigenvalue weighted by atomic mass is 9.75. The molecule has 0 aromatic heterocycles. The van der Waals surface area contributed by atoms with Crippen LogP contribution in [-0.4, -0.2) is 24.1 Å². The third-order valence-corrected chi connectivity index (χ3v) is 5.17. The molecule has 0 bridgehead atoms. The summed E-state index contributed by atoms with van der Waals surface area (Å²) < 4.78 is 0. The highest BCUT2D eigenvalue weighted by Gasteiger charge is 2.32. The third kappa shape index (κ3) is 2.85. The zero-order valence-corrected chi connectivity index (χ0v) is 12.8. The summed E-state index contributed by atoms with van der Waals surface area (Å²) in [5.41, 5.74) is 8.97. The van der Waals surface area contributed by atoms with Crippen LogP contribution in [0.5, 0.6) is 0 Å². The van der Waals surface area contributed by atoms with Crippen molar-refractivity contribution >= 4 is 11.5 Å². The standard InChI is InChI=1S/C17H25N3O/c1-12-6-7-16(15(10-12)17(18)19-21)20-9-8-13-4-2-3-5-14(13)11-20/h6-7,10,13-14,21H,2-5,8-9,11H2,1H3,(H2,18,19). The van der Waals surface area contributed by atoms with Crippen LogP contribution < -0.4 is 10.6 Å². The molecular weight excluding hydrogens is 262 g/mol. The number of amidine groups is 1. The van der Waals surface area contributed by atoms with Crippen molar-refractivity contribution < 1.29 is 5.21 Å². The number of hydrogen-bond acceptors (Lipinski definition) is 3. The molecule has 114 valence electrons. The molecule has 2 unspecified atom stereocenters. The van der Waals surface area contributed by atoms with Crippen LogP contribution in [-0.2, 0) is 0 Å². The Hall–Kier alpha value is -1.71. The maximum atomic E-state index is 9.03. The lowest BCUT2D eigenvalue weighted by Crippen LogP contribution is -2.42. The number of hydrogen-bond donors (Lipinski definition) is 2. The molecule has 1 heterocycles. The maximum Gasteiger partial charge on any atom is 0.172 e. The van der Waals surface area contributed by atoms with Crippen LogP contribution in [0.15, 0.2) is 23.4 Å². The molecular formula is C17H25N3O. The van der Waals surface area contributed by atoms with Gasteiger partial charge in [0.1, 0.15) is 0 Å². The minimum absolute atomic E-state index is 0.208. The van der Waals surface area contributed by atoms with E-state index in [-0.39, 0.29) is 5.84 Å². The van der Waals surface area contributed by atoms with Crippen molar-refractivity contribution in [3.63, 3.8) is 0 Å². The average molecular weight is 287 g/mol. The predicted octanol–water partition coefficient (Wildman–Crippen LogP) is 3.11. The van der Waals surface area contributed by atoms with Crippen molar-refractivity contribution in [2.75, 3.05) is 18.0 Å². The van der Waals surface area contributed by atoms with Crippen molar-refractivity contribution in [1.82, 2.24) is 0 Å². The van der Waals surface area contributed by atoms with E-state index < -0.39 is 0 Å². The molecule has 1 saturated heterocycles. The highest BCUT2D eigenvalue weighted by molar-refractivity contribution is 6.02. The van der Waals surface area contributed by atoms with Gasteiger partial charge in [-0.05, 0) is 43.7 Å². The first kappa shape index (κ1) is 14.2. The van der Waals surface area contributed by atoms with E-state index in [2.05, 4.69) is 22.2 Å². The smallest absolute Gasteiger partial charge is 0.172 e. The van der Waals surface area contributed by atoms with Crippen LogP contribution in [0.3, 0.4) is 0 Å². The van der Waals surface area contributed by atoms with Gasteiger partial charge < -0.3 is 15.8 Å². The van der Waals surface area contributed by atoms with Gasteiger partial charge in [0.05, 0.1) is 0 Å². The van der Waals surface area contributed by atoms with E-state index in [9.17, 15) is 0 Å². The molecule has 2 aliphatic rings. The highest BCUT2D eigenvalue weighted by atomic mass is 16.4. The minimum atomic E-state index is 0.208. The number of anilines is 1. The van der Waals surface area contributed by atoms with Crippen LogP contribution in [0.25, 0.3) is 0 Å². The molecule has 1 aliphatic carbocycles. The summed E-state index contributed by atoms with van der Waals surface area (Å²) in [6, 6.07) is 6.24. The van der Waals surface area contributed by atoms with Crippen molar-refractivity contribution in [2.24, 2.45) is 22.7 Å². The van der Waals surface area contributed by atoms with Gasteiger partial charge in [-0.1, -0.05) is 36.0 Å². The van der Waals surface area contributed by atoms with Gasteiger partial charge in [0.15, 0.2) is 5.84 Å². The molecule has 1 aromatic carbocycles. The first-order valence-corrected chi connectivity index (χ1v) is 8.02. The number of nitrogens with two attached hydrogens (primary N) is 1. The number of piperidine rings is 1. The summed E-state index contributed by atoms with van der Waals surface area (Å²) in [4.78, 5) is 2.43. The van der Waals surface area contributed by atoms with Crippen molar-refractivity contribution in [3.8, 4) is 0 Å². The van der Waals surface area contributed by atoms with E-state index in [1.54, 1.807) is 0 Å². The van der Waals surface area contributed by atoms with Gasteiger partial charge in [0.2, 0.25) is 0 Å². The number of fused-ring (bicyclic) bond motifs is 1. The van der Waals surface area contributed by atoms with Crippen molar-refractivity contribution in [1.29, 1.82) is 0 Å². The molecule has 21 heavy (non-hydrogen) atoms. The van der Waals surface area contributed by atoms with Crippen molar-refractivity contribution in [2.45, 2.75) is 39.0 Å². The summed E-state index contributed by atoms with van der Waals surface area (Å²) >= 11 is 0. The number of rotatable bonds is 2. The zero-order valence-electron chi connectivity index (χ0n) is 12.8. The Bertz CT molecular complexity index is 541. The normalized spacial score (nSPS) is 26.5. The molecule has 1 aromatic rings. The lowest BCUT2D eigenvalue weighted by molar-refractivity contribution is 0.202. The molecule has 0 amide bonds. The quantitative estimate of drug-likeness (QED) is 0.380. The Labute approximate surface area is 126 Å². The predicted molar refractivity (Wildman–Crippen MR) is 86.0 cm³/mol. The number of nitrogens with zero attached hydrogens (tertiary/aromatic N) is 2. The fourth-order valence-corrected chi connectivity index (χ4v) is 4.00. The summed E-state index contributed by atoms with van der Waals surface area (Å²) in [6.45, 7) is 4.22. The molecule has 1 saturated carbocycles. The average Bonchev–Trinajstić information content (AvgIpc) is 2.53. The first-order chi connectivity index (χ1) is 10.2. The largest absolute Gasteiger partial charge is 0.409 e. The summed E-state index contributed by atoms with van der Waals surface area (Å²) in [5.74, 6) is 1.93. The Morgan fingerprint density at radius 2 is 2.00 bits per heavy atom. The van der Waals surface area contributed by atoms with E-state index >= 15 is 0 Å². The van der Waals surface area contributed by atoms with Gasteiger partial charge in [-0.25, -0.2) is 0 Å². The van der Waals surface area contributed by atoms with Gasteiger partial charge in [-0.15, -0.1) is 0 Å². The Kier molecular flexibility index (Phi) is 4.04. The number of oxime groups is 1. The Morgan fingerprint density at radius 1 is 1.24 bits per heavy atom. The molecule has 1 aliphatic heterocycles. The van der Waals surface area contributed by atoms with Gasteiger partial charge in [0.25, 0.3) is 0 Å². The second-order valence-electron chi connectivity index (χ2n) is 6.55. The molecule has 2 fully saturated rings. The van der Waals surface area contributed by atoms with Gasteiger partial charge in [0, 0.05) is 24.3 Å². The topological polar surface area (TPSA) is 61.8 Å².